The van der Waals surface area contributed by atoms with E-state index in [1.54, 1.807) is 0 Å². The molecule has 0 bridgehead atoms. The Morgan fingerprint density at radius 1 is 1.04 bits per heavy atom. The van der Waals surface area contributed by atoms with E-state index < -0.39 is 0 Å². The van der Waals surface area contributed by atoms with Crippen LogP contribution in [0.2, 0.25) is 0 Å². The van der Waals surface area contributed by atoms with Crippen molar-refractivity contribution in [2.24, 2.45) is 0 Å². The van der Waals surface area contributed by atoms with E-state index in [0.29, 0.717) is 6.54 Å². The summed E-state index contributed by atoms with van der Waals surface area (Å²) >= 11 is 0. The van der Waals surface area contributed by atoms with Crippen LogP contribution in [0.4, 0.5) is 5.82 Å². The molecule has 1 saturated heterocycles. The van der Waals surface area contributed by atoms with Gasteiger partial charge in [0.25, 0.3) is 0 Å². The molecule has 0 spiro atoms. The van der Waals surface area contributed by atoms with Gasteiger partial charge in [-0.15, -0.1) is 5.10 Å². The summed E-state index contributed by atoms with van der Waals surface area (Å²) in [6.07, 6.45) is 0. The number of nitriles is 1. The number of nitrogens with zero attached hydrogens (tertiary/aromatic N) is 7. The van der Waals surface area contributed by atoms with Crippen molar-refractivity contribution in [3.8, 4) is 6.07 Å². The minimum atomic E-state index is 0.493. The van der Waals surface area contributed by atoms with E-state index in [1.807, 2.05) is 18.4 Å². The number of hydrogen-bond donors (Lipinski definition) is 0. The highest BCUT2D eigenvalue weighted by Gasteiger charge is 2.21. The molecule has 1 aliphatic heterocycles. The largest absolute Gasteiger partial charge is 0.354 e. The lowest BCUT2D eigenvalue weighted by molar-refractivity contribution is 0.286. The average Bonchev–Trinajstić information content (AvgIpc) is 2.93. The Morgan fingerprint density at radius 2 is 1.76 bits per heavy atom. The highest BCUT2D eigenvalue weighted by atomic mass is 15.4. The van der Waals surface area contributed by atoms with E-state index in [1.165, 1.54) is 0 Å². The fourth-order valence-electron chi connectivity index (χ4n) is 3.58. The Balaban J connectivity index is 1.82. The Bertz CT molecular complexity index is 990. The lowest BCUT2D eigenvalue weighted by Gasteiger charge is -2.34. The van der Waals surface area contributed by atoms with Crippen LogP contribution in [-0.2, 0) is 0 Å². The first kappa shape index (κ1) is 15.8. The molecule has 1 aliphatic rings. The molecule has 0 unspecified atom stereocenters. The summed E-state index contributed by atoms with van der Waals surface area (Å²) in [5.41, 5.74) is 4.72. The molecule has 0 aliphatic carbocycles. The Kier molecular flexibility index (Phi) is 3.77. The molecule has 0 atom stereocenters. The SMILES string of the molecule is Cc1cc(C)c2c(n1)nn1c(N3CCN(CC#N)CC3)cc(C)nc21. The quantitative estimate of drug-likeness (QED) is 0.666. The van der Waals surface area contributed by atoms with Gasteiger partial charge in [0.05, 0.1) is 18.0 Å². The second-order valence-corrected chi connectivity index (χ2v) is 6.69. The van der Waals surface area contributed by atoms with Crippen molar-refractivity contribution in [3.63, 3.8) is 0 Å². The fourth-order valence-corrected chi connectivity index (χ4v) is 3.58. The van der Waals surface area contributed by atoms with Crippen LogP contribution in [0, 0.1) is 32.1 Å². The van der Waals surface area contributed by atoms with Gasteiger partial charge in [-0.2, -0.15) is 9.78 Å². The highest BCUT2D eigenvalue weighted by Crippen LogP contribution is 2.26. The summed E-state index contributed by atoms with van der Waals surface area (Å²) in [5.74, 6) is 1.05. The maximum Gasteiger partial charge on any atom is 0.184 e. The molecular formula is C18H21N7. The molecule has 7 heteroatoms. The third-order valence-corrected chi connectivity index (χ3v) is 4.77. The second kappa shape index (κ2) is 5.97. The van der Waals surface area contributed by atoms with Gasteiger partial charge >= 0.3 is 0 Å². The normalized spacial score (nSPS) is 15.8. The molecule has 128 valence electrons. The van der Waals surface area contributed by atoms with Crippen molar-refractivity contribution in [2.75, 3.05) is 37.6 Å². The minimum Gasteiger partial charge on any atom is -0.354 e. The van der Waals surface area contributed by atoms with Gasteiger partial charge in [0.15, 0.2) is 11.3 Å². The summed E-state index contributed by atoms with van der Waals surface area (Å²) in [6.45, 7) is 10.1. The lowest BCUT2D eigenvalue weighted by atomic mass is 10.2. The third-order valence-electron chi connectivity index (χ3n) is 4.77. The lowest BCUT2D eigenvalue weighted by Crippen LogP contribution is -2.47. The topological polar surface area (TPSA) is 73.3 Å². The summed E-state index contributed by atoms with van der Waals surface area (Å²) in [5, 5.41) is 14.6. The number of hydrogen-bond acceptors (Lipinski definition) is 6. The first-order chi connectivity index (χ1) is 12.1. The summed E-state index contributed by atoms with van der Waals surface area (Å²) in [7, 11) is 0. The van der Waals surface area contributed by atoms with Crippen LogP contribution < -0.4 is 4.90 Å². The first-order valence-electron chi connectivity index (χ1n) is 8.55. The van der Waals surface area contributed by atoms with Gasteiger partial charge in [0.2, 0.25) is 0 Å². The van der Waals surface area contributed by atoms with Crippen LogP contribution in [-0.4, -0.2) is 57.2 Å². The molecule has 0 radical (unpaired) electrons. The Morgan fingerprint density at radius 3 is 2.48 bits per heavy atom. The van der Waals surface area contributed by atoms with Crippen molar-refractivity contribution < 1.29 is 0 Å². The van der Waals surface area contributed by atoms with Gasteiger partial charge in [0, 0.05) is 43.6 Å². The van der Waals surface area contributed by atoms with Crippen LogP contribution in [0.3, 0.4) is 0 Å². The molecule has 0 N–H and O–H groups in total. The standard InChI is InChI=1S/C18H21N7/c1-12-10-13(2)20-17-16(12)18-21-14(3)11-15(25(18)22-17)24-8-6-23(5-4-19)7-9-24/h10-11H,5-9H2,1-3H3. The predicted molar refractivity (Wildman–Crippen MR) is 96.8 cm³/mol. The molecule has 0 aromatic carbocycles. The molecule has 3 aromatic heterocycles. The van der Waals surface area contributed by atoms with E-state index in [0.717, 1.165) is 65.6 Å². The number of piperazine rings is 1. The van der Waals surface area contributed by atoms with Gasteiger partial charge in [-0.1, -0.05) is 0 Å². The van der Waals surface area contributed by atoms with E-state index in [9.17, 15) is 0 Å². The van der Waals surface area contributed by atoms with Crippen molar-refractivity contribution in [1.29, 1.82) is 5.26 Å². The van der Waals surface area contributed by atoms with Crippen molar-refractivity contribution in [1.82, 2.24) is 24.5 Å². The van der Waals surface area contributed by atoms with Crippen LogP contribution in [0.1, 0.15) is 17.0 Å². The van der Waals surface area contributed by atoms with E-state index in [4.69, 9.17) is 15.3 Å². The first-order valence-corrected chi connectivity index (χ1v) is 8.55. The van der Waals surface area contributed by atoms with Gasteiger partial charge in [0.1, 0.15) is 5.82 Å². The molecule has 4 heterocycles. The number of rotatable bonds is 2. The molecule has 0 amide bonds. The number of anilines is 1. The molecule has 25 heavy (non-hydrogen) atoms. The number of aromatic nitrogens is 4. The number of fused-ring (bicyclic) bond motifs is 3. The minimum absolute atomic E-state index is 0.493. The maximum absolute atomic E-state index is 8.87. The van der Waals surface area contributed by atoms with Crippen LogP contribution in [0.15, 0.2) is 12.1 Å². The monoisotopic (exact) mass is 335 g/mol. The Labute approximate surface area is 146 Å². The fraction of sp³-hybridized carbons (Fsp3) is 0.444. The van der Waals surface area contributed by atoms with E-state index in [-0.39, 0.29) is 0 Å². The van der Waals surface area contributed by atoms with Gasteiger partial charge in [-0.3, -0.25) is 4.90 Å². The van der Waals surface area contributed by atoms with Crippen LogP contribution >= 0.6 is 0 Å². The van der Waals surface area contributed by atoms with Gasteiger partial charge in [-0.25, -0.2) is 9.97 Å². The number of aryl methyl sites for hydroxylation is 3. The molecule has 4 rings (SSSR count). The van der Waals surface area contributed by atoms with Gasteiger partial charge < -0.3 is 4.90 Å². The van der Waals surface area contributed by atoms with Crippen LogP contribution in [0.25, 0.3) is 16.7 Å². The van der Waals surface area contributed by atoms with Crippen molar-refractivity contribution in [2.45, 2.75) is 20.8 Å². The molecule has 7 nitrogen and oxygen atoms in total. The smallest absolute Gasteiger partial charge is 0.184 e. The second-order valence-electron chi connectivity index (χ2n) is 6.69. The van der Waals surface area contributed by atoms with Crippen molar-refractivity contribution >= 4 is 22.5 Å². The average molecular weight is 335 g/mol. The van der Waals surface area contributed by atoms with Crippen molar-refractivity contribution in [3.05, 3.63) is 29.1 Å². The van der Waals surface area contributed by atoms with Crippen LogP contribution in [0.5, 0.6) is 0 Å². The molecular weight excluding hydrogens is 314 g/mol. The summed E-state index contributed by atoms with van der Waals surface area (Å²) < 4.78 is 1.93. The molecule has 0 saturated carbocycles. The Hall–Kier alpha value is -2.72. The zero-order valence-corrected chi connectivity index (χ0v) is 14.8. The third kappa shape index (κ3) is 2.68. The van der Waals surface area contributed by atoms with Gasteiger partial charge in [-0.05, 0) is 32.4 Å². The number of pyridine rings is 1. The molecule has 1 fully saturated rings. The van der Waals surface area contributed by atoms with E-state index in [2.05, 4.69) is 39.9 Å². The summed E-state index contributed by atoms with van der Waals surface area (Å²) in [6, 6.07) is 6.39. The van der Waals surface area contributed by atoms with E-state index >= 15 is 0 Å². The zero-order chi connectivity index (χ0) is 17.6. The highest BCUT2D eigenvalue weighted by molar-refractivity contribution is 5.93. The molecule has 3 aromatic rings. The zero-order valence-electron chi connectivity index (χ0n) is 14.8. The predicted octanol–water partition coefficient (Wildman–Crippen LogP) is 1.85. The maximum atomic E-state index is 8.87. The summed E-state index contributed by atoms with van der Waals surface area (Å²) in [4.78, 5) is 13.8.